The van der Waals surface area contributed by atoms with Crippen LogP contribution in [0.2, 0.25) is 0 Å². The average Bonchev–Trinajstić information content (AvgIpc) is 3.72. The van der Waals surface area contributed by atoms with E-state index in [0.29, 0.717) is 5.56 Å². The Bertz CT molecular complexity index is 1180. The molecular formula is C29H32N4O3. The first-order chi connectivity index (χ1) is 17.6. The summed E-state index contributed by atoms with van der Waals surface area (Å²) in [5.41, 5.74) is 4.69. The smallest absolute Gasteiger partial charge is 0.251 e. The van der Waals surface area contributed by atoms with E-state index in [2.05, 4.69) is 20.5 Å². The Kier molecular flexibility index (Phi) is 7.39. The second-order valence-electron chi connectivity index (χ2n) is 9.63. The number of pyridine rings is 1. The number of hydrogen-bond donors (Lipinski definition) is 2. The SMILES string of the molecule is C[C@H](NC(=O)c1ccc(CN2CCOCC2)cc1)c1ccc(NC(=O)[C@H]2C[C@@H]2c2cccnc2)cc1. The number of morpholine rings is 1. The van der Waals surface area contributed by atoms with Crippen LogP contribution in [0.4, 0.5) is 5.69 Å². The second-order valence-corrected chi connectivity index (χ2v) is 9.63. The summed E-state index contributed by atoms with van der Waals surface area (Å²) in [6.45, 7) is 6.26. The maximum atomic E-state index is 12.8. The Morgan fingerprint density at radius 1 is 1.06 bits per heavy atom. The van der Waals surface area contributed by atoms with Crippen LogP contribution in [0.25, 0.3) is 0 Å². The van der Waals surface area contributed by atoms with Crippen molar-refractivity contribution in [2.24, 2.45) is 5.92 Å². The van der Waals surface area contributed by atoms with Crippen LogP contribution in [0.15, 0.2) is 73.1 Å². The molecule has 186 valence electrons. The third kappa shape index (κ3) is 5.98. The highest BCUT2D eigenvalue weighted by molar-refractivity contribution is 5.95. The minimum Gasteiger partial charge on any atom is -0.379 e. The number of anilines is 1. The van der Waals surface area contributed by atoms with Gasteiger partial charge in [0.05, 0.1) is 19.3 Å². The van der Waals surface area contributed by atoms with Crippen LogP contribution in [0.3, 0.4) is 0 Å². The van der Waals surface area contributed by atoms with Crippen molar-refractivity contribution < 1.29 is 14.3 Å². The van der Waals surface area contributed by atoms with Gasteiger partial charge in [-0.15, -0.1) is 0 Å². The predicted molar refractivity (Wildman–Crippen MR) is 139 cm³/mol. The van der Waals surface area contributed by atoms with Crippen molar-refractivity contribution in [3.8, 4) is 0 Å². The van der Waals surface area contributed by atoms with Gasteiger partial charge in [-0.2, -0.15) is 0 Å². The molecule has 2 aromatic carbocycles. The van der Waals surface area contributed by atoms with Gasteiger partial charge in [-0.3, -0.25) is 19.5 Å². The molecule has 0 unspecified atom stereocenters. The van der Waals surface area contributed by atoms with Crippen molar-refractivity contribution in [2.75, 3.05) is 31.6 Å². The molecule has 1 aromatic heterocycles. The summed E-state index contributed by atoms with van der Waals surface area (Å²) in [5, 5.41) is 6.08. The zero-order valence-corrected chi connectivity index (χ0v) is 20.5. The molecule has 3 aromatic rings. The molecule has 0 spiro atoms. The number of rotatable bonds is 8. The maximum Gasteiger partial charge on any atom is 0.251 e. The number of nitrogens with one attached hydrogen (secondary N) is 2. The molecule has 7 heteroatoms. The van der Waals surface area contributed by atoms with Gasteiger partial charge < -0.3 is 15.4 Å². The summed E-state index contributed by atoms with van der Waals surface area (Å²) < 4.78 is 5.40. The largest absolute Gasteiger partial charge is 0.379 e. The Morgan fingerprint density at radius 3 is 2.50 bits per heavy atom. The third-order valence-electron chi connectivity index (χ3n) is 6.99. The number of aromatic nitrogens is 1. The van der Waals surface area contributed by atoms with Gasteiger partial charge in [-0.1, -0.05) is 30.3 Å². The lowest BCUT2D eigenvalue weighted by Gasteiger charge is -2.26. The molecule has 2 N–H and O–H groups in total. The van der Waals surface area contributed by atoms with E-state index in [-0.39, 0.29) is 29.7 Å². The molecule has 1 saturated heterocycles. The lowest BCUT2D eigenvalue weighted by Crippen LogP contribution is -2.35. The number of benzene rings is 2. The highest BCUT2D eigenvalue weighted by atomic mass is 16.5. The van der Waals surface area contributed by atoms with Crippen LogP contribution in [-0.2, 0) is 16.1 Å². The standard InChI is InChI=1S/C29H32N4O3/c1-20(31-28(34)23-6-4-21(5-7-23)19-33-13-15-36-16-14-33)22-8-10-25(11-9-22)32-29(35)27-17-26(27)24-3-2-12-30-18-24/h2-12,18,20,26-27H,13-17,19H2,1H3,(H,31,34)(H,32,35)/t20-,26+,27-/m0/s1. The molecule has 0 radical (unpaired) electrons. The van der Waals surface area contributed by atoms with E-state index in [0.717, 1.165) is 56.1 Å². The van der Waals surface area contributed by atoms with Crippen molar-refractivity contribution in [1.29, 1.82) is 0 Å². The van der Waals surface area contributed by atoms with E-state index in [9.17, 15) is 9.59 Å². The molecule has 2 amide bonds. The Hall–Kier alpha value is -3.55. The van der Waals surface area contributed by atoms with E-state index in [1.807, 2.05) is 73.8 Å². The van der Waals surface area contributed by atoms with Gasteiger partial charge in [0.2, 0.25) is 5.91 Å². The highest BCUT2D eigenvalue weighted by Gasteiger charge is 2.44. The molecule has 3 atom stereocenters. The van der Waals surface area contributed by atoms with Gasteiger partial charge in [-0.25, -0.2) is 0 Å². The predicted octanol–water partition coefficient (Wildman–Crippen LogP) is 4.15. The zero-order chi connectivity index (χ0) is 24.9. The zero-order valence-electron chi connectivity index (χ0n) is 20.5. The summed E-state index contributed by atoms with van der Waals surface area (Å²) >= 11 is 0. The molecule has 1 aliphatic carbocycles. The maximum absolute atomic E-state index is 12.8. The molecule has 0 bridgehead atoms. The fourth-order valence-electron chi connectivity index (χ4n) is 4.68. The Morgan fingerprint density at radius 2 is 1.81 bits per heavy atom. The van der Waals surface area contributed by atoms with Crippen molar-refractivity contribution in [1.82, 2.24) is 15.2 Å². The molecule has 7 nitrogen and oxygen atoms in total. The molecule has 5 rings (SSSR count). The Labute approximate surface area is 211 Å². The van der Waals surface area contributed by atoms with Crippen LogP contribution in [0.5, 0.6) is 0 Å². The number of hydrogen-bond acceptors (Lipinski definition) is 5. The van der Waals surface area contributed by atoms with E-state index >= 15 is 0 Å². The van der Waals surface area contributed by atoms with Crippen LogP contribution >= 0.6 is 0 Å². The van der Waals surface area contributed by atoms with Crippen molar-refractivity contribution in [3.05, 3.63) is 95.3 Å². The monoisotopic (exact) mass is 484 g/mol. The van der Waals surface area contributed by atoms with Crippen LogP contribution < -0.4 is 10.6 Å². The number of carbonyl (C=O) groups is 2. The average molecular weight is 485 g/mol. The van der Waals surface area contributed by atoms with Crippen LogP contribution in [0, 0.1) is 5.92 Å². The molecular weight excluding hydrogens is 452 g/mol. The van der Waals surface area contributed by atoms with Crippen molar-refractivity contribution in [3.63, 3.8) is 0 Å². The molecule has 2 heterocycles. The first-order valence-corrected chi connectivity index (χ1v) is 12.6. The van der Waals surface area contributed by atoms with E-state index in [1.54, 1.807) is 6.20 Å². The van der Waals surface area contributed by atoms with Gasteiger partial charge in [0.1, 0.15) is 0 Å². The first-order valence-electron chi connectivity index (χ1n) is 12.6. The lowest BCUT2D eigenvalue weighted by atomic mass is 10.1. The minimum absolute atomic E-state index is 0.00709. The van der Waals surface area contributed by atoms with Crippen molar-refractivity contribution >= 4 is 17.5 Å². The minimum atomic E-state index is -0.159. The summed E-state index contributed by atoms with van der Waals surface area (Å²) in [7, 11) is 0. The van der Waals surface area contributed by atoms with Gasteiger partial charge >= 0.3 is 0 Å². The fourth-order valence-corrected chi connectivity index (χ4v) is 4.68. The summed E-state index contributed by atoms with van der Waals surface area (Å²) in [6, 6.07) is 19.2. The number of nitrogens with zero attached hydrogens (tertiary/aromatic N) is 2. The van der Waals surface area contributed by atoms with Crippen LogP contribution in [0.1, 0.15) is 52.4 Å². The highest BCUT2D eigenvalue weighted by Crippen LogP contribution is 2.47. The normalized spacial score (nSPS) is 20.4. The third-order valence-corrected chi connectivity index (χ3v) is 6.99. The quantitative estimate of drug-likeness (QED) is 0.502. The van der Waals surface area contributed by atoms with E-state index < -0.39 is 0 Å². The van der Waals surface area contributed by atoms with Crippen molar-refractivity contribution in [2.45, 2.75) is 31.8 Å². The molecule has 2 aliphatic rings. The summed E-state index contributed by atoms with van der Waals surface area (Å²) in [6.07, 6.45) is 4.43. The van der Waals surface area contributed by atoms with Gasteiger partial charge in [0.15, 0.2) is 0 Å². The van der Waals surface area contributed by atoms with Gasteiger partial charge in [-0.05, 0) is 66.3 Å². The van der Waals surface area contributed by atoms with Gasteiger partial charge in [0, 0.05) is 49.2 Å². The molecule has 2 fully saturated rings. The summed E-state index contributed by atoms with van der Waals surface area (Å²) in [4.78, 5) is 31.9. The lowest BCUT2D eigenvalue weighted by molar-refractivity contribution is -0.117. The topological polar surface area (TPSA) is 83.6 Å². The molecule has 36 heavy (non-hydrogen) atoms. The first kappa shape index (κ1) is 24.2. The second kappa shape index (κ2) is 11.0. The van der Waals surface area contributed by atoms with Crippen LogP contribution in [-0.4, -0.2) is 48.0 Å². The fraction of sp³-hybridized carbons (Fsp3) is 0.345. The molecule has 1 saturated carbocycles. The van der Waals surface area contributed by atoms with E-state index in [1.165, 1.54) is 5.56 Å². The Balaban J connectivity index is 1.11. The number of carbonyl (C=O) groups excluding carboxylic acids is 2. The molecule has 1 aliphatic heterocycles. The van der Waals surface area contributed by atoms with Gasteiger partial charge in [0.25, 0.3) is 5.91 Å². The summed E-state index contributed by atoms with van der Waals surface area (Å²) in [5.74, 6) is 0.178. The number of amides is 2. The van der Waals surface area contributed by atoms with E-state index in [4.69, 9.17) is 4.74 Å². The number of ether oxygens (including phenoxy) is 1.